The SMILES string of the molecule is CN(C(=O)c1ccc2c(c1)C(C)(C)CCC2(C)C)c1ccc(/C=C2/SC(=O)NC2=O)cc1. The molecule has 5 nitrogen and oxygen atoms in total. The summed E-state index contributed by atoms with van der Waals surface area (Å²) in [6.45, 7) is 9.05. The van der Waals surface area contributed by atoms with Gasteiger partial charge in [0.1, 0.15) is 0 Å². The van der Waals surface area contributed by atoms with Crippen LogP contribution in [0.5, 0.6) is 0 Å². The van der Waals surface area contributed by atoms with E-state index in [1.807, 2.05) is 30.3 Å². The third kappa shape index (κ3) is 4.11. The maximum absolute atomic E-state index is 13.3. The van der Waals surface area contributed by atoms with Crippen LogP contribution in [0.3, 0.4) is 0 Å². The number of rotatable bonds is 3. The van der Waals surface area contributed by atoms with Crippen LogP contribution in [0.25, 0.3) is 6.08 Å². The normalized spacial score (nSPS) is 20.1. The van der Waals surface area contributed by atoms with Crippen molar-refractivity contribution in [1.29, 1.82) is 0 Å². The Balaban J connectivity index is 1.57. The third-order valence-corrected chi connectivity index (χ3v) is 7.44. The number of imide groups is 1. The minimum absolute atomic E-state index is 0.0425. The molecule has 1 N–H and O–H groups in total. The maximum atomic E-state index is 13.3. The van der Waals surface area contributed by atoms with Gasteiger partial charge in [0, 0.05) is 18.3 Å². The van der Waals surface area contributed by atoms with Gasteiger partial charge in [-0.05, 0) is 82.5 Å². The van der Waals surface area contributed by atoms with Crippen molar-refractivity contribution in [2.75, 3.05) is 11.9 Å². The smallest absolute Gasteiger partial charge is 0.290 e. The first-order valence-electron chi connectivity index (χ1n) is 10.8. The van der Waals surface area contributed by atoms with Gasteiger partial charge in [-0.1, -0.05) is 45.9 Å². The molecule has 2 aliphatic rings. The zero-order valence-electron chi connectivity index (χ0n) is 19.1. The Kier molecular flexibility index (Phi) is 5.53. The summed E-state index contributed by atoms with van der Waals surface area (Å²) < 4.78 is 0. The molecule has 1 aliphatic carbocycles. The van der Waals surface area contributed by atoms with E-state index in [9.17, 15) is 14.4 Å². The molecule has 2 aromatic carbocycles. The fourth-order valence-electron chi connectivity index (χ4n) is 4.40. The summed E-state index contributed by atoms with van der Waals surface area (Å²) in [5.74, 6) is -0.440. The number of amides is 3. The molecule has 1 heterocycles. The minimum Gasteiger partial charge on any atom is -0.311 e. The molecule has 0 aromatic heterocycles. The summed E-state index contributed by atoms with van der Waals surface area (Å²) in [5, 5.41) is 1.88. The average Bonchev–Trinajstić information content (AvgIpc) is 3.07. The second kappa shape index (κ2) is 7.93. The van der Waals surface area contributed by atoms with Crippen LogP contribution >= 0.6 is 11.8 Å². The fourth-order valence-corrected chi connectivity index (χ4v) is 5.08. The van der Waals surface area contributed by atoms with Gasteiger partial charge in [0.2, 0.25) is 0 Å². The maximum Gasteiger partial charge on any atom is 0.290 e. The van der Waals surface area contributed by atoms with E-state index in [-0.39, 0.29) is 27.9 Å². The van der Waals surface area contributed by atoms with Crippen molar-refractivity contribution in [3.05, 3.63) is 69.6 Å². The van der Waals surface area contributed by atoms with Gasteiger partial charge < -0.3 is 4.90 Å². The zero-order chi connectivity index (χ0) is 23.3. The van der Waals surface area contributed by atoms with Crippen LogP contribution in [-0.4, -0.2) is 24.1 Å². The number of fused-ring (bicyclic) bond motifs is 1. The lowest BCUT2D eigenvalue weighted by atomic mass is 9.63. The van der Waals surface area contributed by atoms with E-state index in [0.717, 1.165) is 35.9 Å². The van der Waals surface area contributed by atoms with Crippen molar-refractivity contribution in [3.63, 3.8) is 0 Å². The second-order valence-electron chi connectivity index (χ2n) is 9.84. The molecule has 1 saturated heterocycles. The number of nitrogens with one attached hydrogen (secondary N) is 1. The van der Waals surface area contributed by atoms with Gasteiger partial charge in [0.05, 0.1) is 4.91 Å². The number of nitrogens with zero attached hydrogens (tertiary/aromatic N) is 1. The van der Waals surface area contributed by atoms with Crippen LogP contribution in [0.1, 0.15) is 67.6 Å². The van der Waals surface area contributed by atoms with E-state index in [4.69, 9.17) is 0 Å². The van der Waals surface area contributed by atoms with E-state index >= 15 is 0 Å². The first kappa shape index (κ1) is 22.3. The highest BCUT2D eigenvalue weighted by Gasteiger charge is 2.37. The number of anilines is 1. The molecule has 0 spiro atoms. The van der Waals surface area contributed by atoms with Crippen molar-refractivity contribution in [2.24, 2.45) is 0 Å². The van der Waals surface area contributed by atoms with Crippen LogP contribution in [0.2, 0.25) is 0 Å². The molecule has 0 unspecified atom stereocenters. The van der Waals surface area contributed by atoms with Gasteiger partial charge in [-0.15, -0.1) is 0 Å². The van der Waals surface area contributed by atoms with E-state index in [1.165, 1.54) is 11.1 Å². The Labute approximate surface area is 193 Å². The van der Waals surface area contributed by atoms with E-state index in [0.29, 0.717) is 10.5 Å². The molecule has 32 heavy (non-hydrogen) atoms. The van der Waals surface area contributed by atoms with Crippen LogP contribution in [0.15, 0.2) is 47.4 Å². The third-order valence-electron chi connectivity index (χ3n) is 6.62. The van der Waals surface area contributed by atoms with Crippen molar-refractivity contribution in [3.8, 4) is 0 Å². The molecule has 0 radical (unpaired) electrons. The summed E-state index contributed by atoms with van der Waals surface area (Å²) in [5.41, 5.74) is 4.98. The standard InChI is InChI=1S/C26H28N2O3S/c1-25(2)12-13-26(3,4)20-15-17(8-11-19(20)25)23(30)28(5)18-9-6-16(7-10-18)14-21-22(29)27-24(31)32-21/h6-11,14-15H,12-13H2,1-5H3,(H,27,29,31)/b21-14+. The topological polar surface area (TPSA) is 66.5 Å². The van der Waals surface area contributed by atoms with Crippen molar-refractivity contribution in [1.82, 2.24) is 5.32 Å². The molecule has 1 aliphatic heterocycles. The minimum atomic E-state index is -0.380. The Morgan fingerprint density at radius 1 is 0.969 bits per heavy atom. The number of carbonyl (C=O) groups is 3. The fraction of sp³-hybridized carbons (Fsp3) is 0.346. The molecule has 4 rings (SSSR count). The largest absolute Gasteiger partial charge is 0.311 e. The molecule has 2 aromatic rings. The van der Waals surface area contributed by atoms with Gasteiger partial charge in [-0.25, -0.2) is 0 Å². The van der Waals surface area contributed by atoms with Crippen molar-refractivity contribution in [2.45, 2.75) is 51.4 Å². The predicted octanol–water partition coefficient (Wildman–Crippen LogP) is 5.64. The van der Waals surface area contributed by atoms with Crippen molar-refractivity contribution >= 4 is 40.6 Å². The number of hydrogen-bond donors (Lipinski definition) is 1. The number of thioether (sulfide) groups is 1. The monoisotopic (exact) mass is 448 g/mol. The molecule has 166 valence electrons. The lowest BCUT2D eigenvalue weighted by molar-refractivity contribution is -0.115. The van der Waals surface area contributed by atoms with E-state index < -0.39 is 0 Å². The van der Waals surface area contributed by atoms with Gasteiger partial charge in [-0.2, -0.15) is 0 Å². The highest BCUT2D eigenvalue weighted by Crippen LogP contribution is 2.46. The summed E-state index contributed by atoms with van der Waals surface area (Å²) in [6, 6.07) is 13.5. The van der Waals surface area contributed by atoms with Crippen molar-refractivity contribution < 1.29 is 14.4 Å². The first-order chi connectivity index (χ1) is 15.0. The lowest BCUT2D eigenvalue weighted by Gasteiger charge is -2.42. The molecular formula is C26H28N2O3S. The highest BCUT2D eigenvalue weighted by molar-refractivity contribution is 8.18. The molecule has 0 atom stereocenters. The molecule has 0 bridgehead atoms. The van der Waals surface area contributed by atoms with Gasteiger partial charge in [0.15, 0.2) is 0 Å². The number of hydrogen-bond acceptors (Lipinski definition) is 4. The first-order valence-corrected chi connectivity index (χ1v) is 11.6. The quantitative estimate of drug-likeness (QED) is 0.618. The summed E-state index contributed by atoms with van der Waals surface area (Å²) >= 11 is 0.889. The molecule has 0 saturated carbocycles. The molecular weight excluding hydrogens is 420 g/mol. The molecule has 1 fully saturated rings. The number of carbonyl (C=O) groups excluding carboxylic acids is 3. The summed E-state index contributed by atoms with van der Waals surface area (Å²) in [7, 11) is 1.77. The van der Waals surface area contributed by atoms with Gasteiger partial charge in [0.25, 0.3) is 17.1 Å². The van der Waals surface area contributed by atoms with Crippen LogP contribution < -0.4 is 10.2 Å². The van der Waals surface area contributed by atoms with Gasteiger partial charge in [-0.3, -0.25) is 19.7 Å². The van der Waals surface area contributed by atoms with E-state index in [2.05, 4.69) is 45.1 Å². The molecule has 3 amide bonds. The van der Waals surface area contributed by atoms with Crippen LogP contribution in [0, 0.1) is 0 Å². The summed E-state index contributed by atoms with van der Waals surface area (Å²) in [6.07, 6.45) is 3.90. The van der Waals surface area contributed by atoms with Crippen LogP contribution in [-0.2, 0) is 15.6 Å². The zero-order valence-corrected chi connectivity index (χ0v) is 19.9. The average molecular weight is 449 g/mol. The number of benzene rings is 2. The highest BCUT2D eigenvalue weighted by atomic mass is 32.2. The van der Waals surface area contributed by atoms with Gasteiger partial charge >= 0.3 is 0 Å². The Morgan fingerprint density at radius 3 is 2.19 bits per heavy atom. The summed E-state index contributed by atoms with van der Waals surface area (Å²) in [4.78, 5) is 38.3. The van der Waals surface area contributed by atoms with E-state index in [1.54, 1.807) is 18.0 Å². The Bertz CT molecular complexity index is 1150. The predicted molar refractivity (Wildman–Crippen MR) is 130 cm³/mol. The second-order valence-corrected chi connectivity index (χ2v) is 10.9. The Hall–Kier alpha value is -2.86. The van der Waals surface area contributed by atoms with Crippen LogP contribution in [0.4, 0.5) is 10.5 Å². The molecule has 6 heteroatoms. The lowest BCUT2D eigenvalue weighted by Crippen LogP contribution is -2.34. The Morgan fingerprint density at radius 2 is 1.59 bits per heavy atom.